The molecule has 0 aromatic heterocycles. The fourth-order valence-corrected chi connectivity index (χ4v) is 1.54. The molecule has 0 saturated heterocycles. The van der Waals surface area contributed by atoms with E-state index in [1.165, 1.54) is 0 Å². The zero-order valence-electron chi connectivity index (χ0n) is 8.08. The van der Waals surface area contributed by atoms with E-state index in [1.54, 1.807) is 13.0 Å². The van der Waals surface area contributed by atoms with Gasteiger partial charge in [-0.05, 0) is 47.5 Å². The molecule has 1 amide bonds. The summed E-state index contributed by atoms with van der Waals surface area (Å²) in [4.78, 5) is 10.8. The first-order valence-corrected chi connectivity index (χ1v) is 5.02. The van der Waals surface area contributed by atoms with Gasteiger partial charge in [0.25, 0.3) is 5.91 Å². The number of rotatable bonds is 3. The molecule has 14 heavy (non-hydrogen) atoms. The highest BCUT2D eigenvalue weighted by molar-refractivity contribution is 9.10. The van der Waals surface area contributed by atoms with Crippen molar-refractivity contribution in [2.45, 2.75) is 20.0 Å². The highest BCUT2D eigenvalue weighted by Crippen LogP contribution is 2.26. The van der Waals surface area contributed by atoms with Gasteiger partial charge in [-0.1, -0.05) is 6.07 Å². The minimum Gasteiger partial charge on any atom is -0.480 e. The monoisotopic (exact) mass is 257 g/mol. The first-order valence-electron chi connectivity index (χ1n) is 4.23. The second-order valence-corrected chi connectivity index (χ2v) is 3.95. The Balaban J connectivity index is 2.82. The van der Waals surface area contributed by atoms with E-state index in [4.69, 9.17) is 10.5 Å². The summed E-state index contributed by atoms with van der Waals surface area (Å²) in [6.07, 6.45) is -0.617. The summed E-state index contributed by atoms with van der Waals surface area (Å²) in [5, 5.41) is 0. The number of amides is 1. The van der Waals surface area contributed by atoms with E-state index in [0.717, 1.165) is 10.0 Å². The number of carbonyl (C=O) groups excluding carboxylic acids is 1. The maximum atomic E-state index is 10.8. The zero-order chi connectivity index (χ0) is 10.7. The van der Waals surface area contributed by atoms with Crippen molar-refractivity contribution >= 4 is 21.8 Å². The smallest absolute Gasteiger partial charge is 0.258 e. The van der Waals surface area contributed by atoms with Gasteiger partial charge >= 0.3 is 0 Å². The van der Waals surface area contributed by atoms with Crippen molar-refractivity contribution in [2.75, 3.05) is 0 Å². The number of primary amides is 1. The highest BCUT2D eigenvalue weighted by Gasteiger charge is 2.11. The largest absolute Gasteiger partial charge is 0.480 e. The van der Waals surface area contributed by atoms with Gasteiger partial charge in [0.2, 0.25) is 0 Å². The van der Waals surface area contributed by atoms with Gasteiger partial charge in [0.05, 0.1) is 4.47 Å². The molecule has 0 aliphatic rings. The molecule has 0 unspecified atom stereocenters. The summed E-state index contributed by atoms with van der Waals surface area (Å²) < 4.78 is 6.16. The van der Waals surface area contributed by atoms with Gasteiger partial charge in [0, 0.05) is 0 Å². The van der Waals surface area contributed by atoms with Crippen molar-refractivity contribution in [3.8, 4) is 5.75 Å². The van der Waals surface area contributed by atoms with Gasteiger partial charge in [0.1, 0.15) is 5.75 Å². The lowest BCUT2D eigenvalue weighted by molar-refractivity contribution is -0.124. The van der Waals surface area contributed by atoms with Crippen LogP contribution in [0.5, 0.6) is 5.75 Å². The summed E-state index contributed by atoms with van der Waals surface area (Å²) in [6.45, 7) is 3.60. The van der Waals surface area contributed by atoms with Crippen LogP contribution in [0.1, 0.15) is 12.5 Å². The molecule has 0 heterocycles. The van der Waals surface area contributed by atoms with Gasteiger partial charge in [0.15, 0.2) is 6.10 Å². The lowest BCUT2D eigenvalue weighted by atomic mass is 10.2. The molecule has 1 aromatic carbocycles. The average Bonchev–Trinajstić information content (AvgIpc) is 2.09. The number of nitrogens with two attached hydrogens (primary N) is 1. The molecular formula is C10H12BrNO2. The van der Waals surface area contributed by atoms with Crippen LogP contribution >= 0.6 is 15.9 Å². The lowest BCUT2D eigenvalue weighted by Gasteiger charge is -2.12. The summed E-state index contributed by atoms with van der Waals surface area (Å²) in [7, 11) is 0. The molecule has 1 aromatic rings. The van der Waals surface area contributed by atoms with Crippen molar-refractivity contribution in [2.24, 2.45) is 5.73 Å². The minimum atomic E-state index is -0.617. The minimum absolute atomic E-state index is 0.475. The topological polar surface area (TPSA) is 52.3 Å². The standard InChI is InChI=1S/C10H12BrNO2/c1-6-3-4-9(8(11)5-6)14-7(2)10(12)13/h3-5,7H,1-2H3,(H2,12,13)/t7-/m1/s1. The summed E-state index contributed by atoms with van der Waals surface area (Å²) in [6, 6.07) is 5.63. The van der Waals surface area contributed by atoms with Crippen molar-refractivity contribution in [1.82, 2.24) is 0 Å². The molecular weight excluding hydrogens is 246 g/mol. The highest BCUT2D eigenvalue weighted by atomic mass is 79.9. The molecule has 1 rings (SSSR count). The van der Waals surface area contributed by atoms with E-state index in [1.807, 2.05) is 19.1 Å². The van der Waals surface area contributed by atoms with E-state index >= 15 is 0 Å². The first-order chi connectivity index (χ1) is 6.50. The molecule has 0 saturated carbocycles. The van der Waals surface area contributed by atoms with Gasteiger partial charge in [-0.3, -0.25) is 4.79 Å². The van der Waals surface area contributed by atoms with E-state index in [0.29, 0.717) is 5.75 Å². The molecule has 76 valence electrons. The number of ether oxygens (including phenoxy) is 1. The molecule has 2 N–H and O–H groups in total. The van der Waals surface area contributed by atoms with Crippen LogP contribution in [-0.2, 0) is 4.79 Å². The number of hydrogen-bond acceptors (Lipinski definition) is 2. The second kappa shape index (κ2) is 4.46. The Hall–Kier alpha value is -1.03. The third-order valence-electron chi connectivity index (χ3n) is 1.79. The van der Waals surface area contributed by atoms with Gasteiger partial charge in [-0.2, -0.15) is 0 Å². The van der Waals surface area contributed by atoms with Crippen LogP contribution in [0.15, 0.2) is 22.7 Å². The van der Waals surface area contributed by atoms with Crippen molar-refractivity contribution < 1.29 is 9.53 Å². The Kier molecular flexibility index (Phi) is 3.52. The van der Waals surface area contributed by atoms with Gasteiger partial charge in [-0.15, -0.1) is 0 Å². The Morgan fingerprint density at radius 3 is 2.71 bits per heavy atom. The van der Waals surface area contributed by atoms with Crippen LogP contribution in [0, 0.1) is 6.92 Å². The van der Waals surface area contributed by atoms with Gasteiger partial charge in [-0.25, -0.2) is 0 Å². The van der Waals surface area contributed by atoms with Crippen LogP contribution in [0.3, 0.4) is 0 Å². The van der Waals surface area contributed by atoms with E-state index in [9.17, 15) is 4.79 Å². The van der Waals surface area contributed by atoms with Crippen molar-refractivity contribution in [3.05, 3.63) is 28.2 Å². The molecule has 3 nitrogen and oxygen atoms in total. The Labute approximate surface area is 91.4 Å². The Morgan fingerprint density at radius 2 is 2.21 bits per heavy atom. The molecule has 1 atom stereocenters. The van der Waals surface area contributed by atoms with Crippen LogP contribution in [-0.4, -0.2) is 12.0 Å². The maximum Gasteiger partial charge on any atom is 0.258 e. The normalized spacial score (nSPS) is 12.2. The lowest BCUT2D eigenvalue weighted by Crippen LogP contribution is -2.30. The molecule has 0 aliphatic carbocycles. The van der Waals surface area contributed by atoms with Crippen LogP contribution in [0.4, 0.5) is 0 Å². The molecule has 0 fully saturated rings. The second-order valence-electron chi connectivity index (χ2n) is 3.10. The van der Waals surface area contributed by atoms with E-state index in [2.05, 4.69) is 15.9 Å². The average molecular weight is 258 g/mol. The summed E-state index contributed by atoms with van der Waals surface area (Å²) >= 11 is 3.35. The molecule has 0 bridgehead atoms. The van der Waals surface area contributed by atoms with Crippen LogP contribution in [0.2, 0.25) is 0 Å². The molecule has 0 radical (unpaired) electrons. The number of hydrogen-bond donors (Lipinski definition) is 1. The Morgan fingerprint density at radius 1 is 1.57 bits per heavy atom. The Bertz CT molecular complexity index is 352. The number of halogens is 1. The zero-order valence-corrected chi connectivity index (χ0v) is 9.67. The third-order valence-corrected chi connectivity index (χ3v) is 2.41. The molecule has 0 aliphatic heterocycles. The molecule has 4 heteroatoms. The first kappa shape index (κ1) is 11.0. The van der Waals surface area contributed by atoms with Crippen molar-refractivity contribution in [3.63, 3.8) is 0 Å². The summed E-state index contributed by atoms with van der Waals surface area (Å²) in [5.74, 6) is 0.152. The number of carbonyl (C=O) groups is 1. The van der Waals surface area contributed by atoms with Gasteiger partial charge < -0.3 is 10.5 Å². The van der Waals surface area contributed by atoms with E-state index in [-0.39, 0.29) is 0 Å². The third kappa shape index (κ3) is 2.73. The number of benzene rings is 1. The van der Waals surface area contributed by atoms with Crippen LogP contribution < -0.4 is 10.5 Å². The number of aryl methyl sites for hydroxylation is 1. The molecule has 0 spiro atoms. The predicted molar refractivity (Wildman–Crippen MR) is 58.2 cm³/mol. The fraction of sp³-hybridized carbons (Fsp3) is 0.300. The quantitative estimate of drug-likeness (QED) is 0.901. The van der Waals surface area contributed by atoms with Crippen molar-refractivity contribution in [1.29, 1.82) is 0 Å². The van der Waals surface area contributed by atoms with Crippen LogP contribution in [0.25, 0.3) is 0 Å². The van der Waals surface area contributed by atoms with E-state index < -0.39 is 12.0 Å². The fourth-order valence-electron chi connectivity index (χ4n) is 0.950. The summed E-state index contributed by atoms with van der Waals surface area (Å²) in [5.41, 5.74) is 6.21. The SMILES string of the molecule is Cc1ccc(O[C@H](C)C(N)=O)c(Br)c1. The predicted octanol–water partition coefficient (Wildman–Crippen LogP) is 2.01. The maximum absolute atomic E-state index is 10.8.